The van der Waals surface area contributed by atoms with Crippen molar-refractivity contribution in [2.45, 2.75) is 33.2 Å². The minimum atomic E-state index is -3.26. The van der Waals surface area contributed by atoms with Gasteiger partial charge in [0.25, 0.3) is 0 Å². The van der Waals surface area contributed by atoms with Crippen molar-refractivity contribution in [3.05, 3.63) is 29.3 Å². The number of guanidine groups is 1. The van der Waals surface area contributed by atoms with Crippen LogP contribution in [0.4, 0.5) is 5.69 Å². The molecule has 0 aromatic heterocycles. The van der Waals surface area contributed by atoms with Crippen molar-refractivity contribution in [3.63, 3.8) is 0 Å². The average Bonchev–Trinajstić information content (AvgIpc) is 2.56. The van der Waals surface area contributed by atoms with Crippen LogP contribution in [0, 0.1) is 13.8 Å². The number of hydrogen-bond acceptors (Lipinski definition) is 4. The van der Waals surface area contributed by atoms with Gasteiger partial charge in [-0.25, -0.2) is 13.1 Å². The zero-order valence-electron chi connectivity index (χ0n) is 17.7. The van der Waals surface area contributed by atoms with Gasteiger partial charge in [-0.15, -0.1) is 24.0 Å². The molecule has 1 aliphatic rings. The lowest BCUT2D eigenvalue weighted by molar-refractivity contribution is 0.362. The predicted octanol–water partition coefficient (Wildman–Crippen LogP) is 1.95. The number of sulfonamides is 1. The summed E-state index contributed by atoms with van der Waals surface area (Å²) in [5.41, 5.74) is 3.36. The molecule has 0 atom stereocenters. The maximum Gasteiger partial charge on any atom is 0.209 e. The Morgan fingerprint density at radius 2 is 1.79 bits per heavy atom. The van der Waals surface area contributed by atoms with Crippen LogP contribution in [0.2, 0.25) is 0 Å². The van der Waals surface area contributed by atoms with Gasteiger partial charge in [-0.3, -0.25) is 4.99 Å². The van der Waals surface area contributed by atoms with E-state index in [1.54, 1.807) is 7.05 Å². The third-order valence-corrected chi connectivity index (χ3v) is 5.78. The Morgan fingerprint density at radius 1 is 1.18 bits per heavy atom. The fourth-order valence-electron chi connectivity index (χ4n) is 3.41. The van der Waals surface area contributed by atoms with E-state index in [-0.39, 0.29) is 24.0 Å². The summed E-state index contributed by atoms with van der Waals surface area (Å²) < 4.78 is 25.6. The van der Waals surface area contributed by atoms with Gasteiger partial charge < -0.3 is 15.1 Å². The van der Waals surface area contributed by atoms with Gasteiger partial charge in [0.1, 0.15) is 0 Å². The number of rotatable bonds is 5. The Balaban J connectivity index is 0.00000392. The molecule has 0 unspecified atom stereocenters. The van der Waals surface area contributed by atoms with E-state index < -0.39 is 15.6 Å². The monoisotopic (exact) mass is 523 g/mol. The Kier molecular flexibility index (Phi) is 9.01. The van der Waals surface area contributed by atoms with Gasteiger partial charge in [0.2, 0.25) is 10.0 Å². The highest BCUT2D eigenvalue weighted by molar-refractivity contribution is 14.0. The van der Waals surface area contributed by atoms with Gasteiger partial charge in [-0.05, 0) is 44.9 Å². The molecule has 0 bridgehead atoms. The smallest absolute Gasteiger partial charge is 0.209 e. The van der Waals surface area contributed by atoms with Crippen molar-refractivity contribution in [2.75, 3.05) is 50.9 Å². The molecule has 0 saturated carbocycles. The molecule has 1 aliphatic heterocycles. The Morgan fingerprint density at radius 3 is 2.32 bits per heavy atom. The first kappa shape index (κ1) is 25.0. The van der Waals surface area contributed by atoms with E-state index in [1.165, 1.54) is 23.1 Å². The first-order valence-electron chi connectivity index (χ1n) is 9.28. The van der Waals surface area contributed by atoms with Crippen LogP contribution in [0.15, 0.2) is 23.2 Å². The first-order valence-corrected chi connectivity index (χ1v) is 11.2. The Labute approximate surface area is 187 Å². The number of aryl methyl sites for hydroxylation is 1. The molecule has 7 nitrogen and oxygen atoms in total. The Bertz CT molecular complexity index is 788. The van der Waals surface area contributed by atoms with E-state index >= 15 is 0 Å². The van der Waals surface area contributed by atoms with Crippen molar-refractivity contribution in [3.8, 4) is 0 Å². The molecular formula is C19H34IN5O2S. The van der Waals surface area contributed by atoms with Crippen molar-refractivity contribution < 1.29 is 8.42 Å². The van der Waals surface area contributed by atoms with E-state index in [0.29, 0.717) is 6.54 Å². The van der Waals surface area contributed by atoms with Crippen LogP contribution in [-0.4, -0.2) is 70.8 Å². The molecule has 1 saturated heterocycles. The Hall–Kier alpha value is -1.07. The molecule has 0 amide bonds. The van der Waals surface area contributed by atoms with Gasteiger partial charge in [-0.1, -0.05) is 12.1 Å². The number of hydrogen-bond donors (Lipinski definition) is 2. The van der Waals surface area contributed by atoms with E-state index in [2.05, 4.69) is 56.9 Å². The van der Waals surface area contributed by atoms with Gasteiger partial charge in [0.05, 0.1) is 6.26 Å². The number of anilines is 1. The van der Waals surface area contributed by atoms with E-state index in [0.717, 1.165) is 32.1 Å². The number of nitrogens with one attached hydrogen (secondary N) is 2. The highest BCUT2D eigenvalue weighted by atomic mass is 127. The summed E-state index contributed by atoms with van der Waals surface area (Å²) in [6.45, 7) is 12.1. The number of piperazine rings is 1. The normalized spacial score (nSPS) is 16.0. The summed E-state index contributed by atoms with van der Waals surface area (Å²) in [4.78, 5) is 9.01. The standard InChI is InChI=1S/C19H33N5O2S.HI/c1-15-8-7-9-17(16(15)2)23-10-12-24(13-11-23)18(20-5)21-14-19(3,4)22-27(6,25)26;/h7-9,22H,10-14H2,1-6H3,(H,20,21);1H. The molecular weight excluding hydrogens is 489 g/mol. The SMILES string of the molecule is CN=C(NCC(C)(C)NS(C)(=O)=O)N1CCN(c2cccc(C)c2C)CC1.I. The lowest BCUT2D eigenvalue weighted by atomic mass is 10.1. The third-order valence-electron chi connectivity index (χ3n) is 4.86. The summed E-state index contributed by atoms with van der Waals surface area (Å²) in [6, 6.07) is 6.44. The van der Waals surface area contributed by atoms with Crippen LogP contribution in [0.3, 0.4) is 0 Å². The molecule has 0 radical (unpaired) electrons. The van der Waals surface area contributed by atoms with Crippen LogP contribution < -0.4 is 14.9 Å². The second kappa shape index (κ2) is 10.1. The van der Waals surface area contributed by atoms with Gasteiger partial charge in [0, 0.05) is 51.0 Å². The van der Waals surface area contributed by atoms with E-state index in [1.807, 2.05) is 13.8 Å². The minimum Gasteiger partial charge on any atom is -0.368 e. The van der Waals surface area contributed by atoms with Gasteiger partial charge in [0.15, 0.2) is 5.96 Å². The third kappa shape index (κ3) is 7.07. The van der Waals surface area contributed by atoms with Crippen molar-refractivity contribution in [1.29, 1.82) is 0 Å². The predicted molar refractivity (Wildman–Crippen MR) is 129 cm³/mol. The molecule has 0 aliphatic carbocycles. The largest absolute Gasteiger partial charge is 0.368 e. The lowest BCUT2D eigenvalue weighted by Gasteiger charge is -2.39. The molecule has 160 valence electrons. The molecule has 1 aromatic rings. The van der Waals surface area contributed by atoms with Crippen LogP contribution >= 0.6 is 24.0 Å². The number of halogens is 1. The second-order valence-electron chi connectivity index (χ2n) is 7.85. The molecule has 1 aromatic carbocycles. The maximum absolute atomic E-state index is 11.5. The maximum atomic E-state index is 11.5. The molecule has 0 spiro atoms. The van der Waals surface area contributed by atoms with Crippen molar-refractivity contribution in [1.82, 2.24) is 14.9 Å². The van der Waals surface area contributed by atoms with Gasteiger partial charge in [-0.2, -0.15) is 0 Å². The van der Waals surface area contributed by atoms with E-state index in [9.17, 15) is 8.42 Å². The zero-order valence-corrected chi connectivity index (χ0v) is 20.9. The van der Waals surface area contributed by atoms with Crippen molar-refractivity contribution >= 4 is 45.6 Å². The number of nitrogens with zero attached hydrogens (tertiary/aromatic N) is 3. The second-order valence-corrected chi connectivity index (χ2v) is 9.60. The molecule has 28 heavy (non-hydrogen) atoms. The van der Waals surface area contributed by atoms with Crippen LogP contribution in [0.1, 0.15) is 25.0 Å². The topological polar surface area (TPSA) is 77.0 Å². The molecule has 2 N–H and O–H groups in total. The first-order chi connectivity index (χ1) is 12.5. The molecule has 2 rings (SSSR count). The van der Waals surface area contributed by atoms with Gasteiger partial charge >= 0.3 is 0 Å². The van der Waals surface area contributed by atoms with Crippen molar-refractivity contribution in [2.24, 2.45) is 4.99 Å². The fraction of sp³-hybridized carbons (Fsp3) is 0.632. The lowest BCUT2D eigenvalue weighted by Crippen LogP contribution is -2.56. The summed E-state index contributed by atoms with van der Waals surface area (Å²) >= 11 is 0. The molecule has 9 heteroatoms. The molecule has 1 fully saturated rings. The number of benzene rings is 1. The van der Waals surface area contributed by atoms with Crippen LogP contribution in [-0.2, 0) is 10.0 Å². The zero-order chi connectivity index (χ0) is 20.2. The fourth-order valence-corrected chi connectivity index (χ4v) is 4.48. The number of aliphatic imine (C=N–C) groups is 1. The van der Waals surface area contributed by atoms with Crippen LogP contribution in [0.5, 0.6) is 0 Å². The molecule has 1 heterocycles. The summed E-state index contributed by atoms with van der Waals surface area (Å²) in [7, 11) is -1.50. The van der Waals surface area contributed by atoms with Crippen LogP contribution in [0.25, 0.3) is 0 Å². The average molecular weight is 523 g/mol. The quantitative estimate of drug-likeness (QED) is 0.351. The summed E-state index contributed by atoms with van der Waals surface area (Å²) in [5, 5.41) is 3.31. The highest BCUT2D eigenvalue weighted by Crippen LogP contribution is 2.23. The minimum absolute atomic E-state index is 0. The van der Waals surface area contributed by atoms with E-state index in [4.69, 9.17) is 0 Å². The summed E-state index contributed by atoms with van der Waals surface area (Å²) in [5.74, 6) is 0.805. The summed E-state index contributed by atoms with van der Waals surface area (Å²) in [6.07, 6.45) is 1.18. The highest BCUT2D eigenvalue weighted by Gasteiger charge is 2.25.